The highest BCUT2D eigenvalue weighted by molar-refractivity contribution is 5.70. The van der Waals surface area contributed by atoms with Crippen molar-refractivity contribution in [1.82, 2.24) is 0 Å². The number of aliphatic hydroxyl groups is 4. The molecule has 0 aromatic heterocycles. The van der Waals surface area contributed by atoms with Crippen LogP contribution in [0.2, 0.25) is 0 Å². The zero-order valence-electron chi connectivity index (χ0n) is 38.4. The Morgan fingerprint density at radius 2 is 0.967 bits per heavy atom. The van der Waals surface area contributed by atoms with Gasteiger partial charge in [0, 0.05) is 12.8 Å². The highest BCUT2D eigenvalue weighted by Crippen LogP contribution is 2.23. The number of esters is 2. The number of allylic oxidation sites excluding steroid dienone is 10. The maximum atomic E-state index is 12.8. The minimum atomic E-state index is -1.61. The number of hydrogen-bond donors (Lipinski definition) is 4. The van der Waals surface area contributed by atoms with Crippen molar-refractivity contribution in [1.29, 1.82) is 0 Å². The summed E-state index contributed by atoms with van der Waals surface area (Å²) in [6.07, 6.45) is 43.8. The Hall–Kier alpha value is -2.60. The first-order valence-electron chi connectivity index (χ1n) is 24.4. The van der Waals surface area contributed by atoms with Crippen LogP contribution in [0.3, 0.4) is 0 Å². The van der Waals surface area contributed by atoms with Crippen molar-refractivity contribution in [2.75, 3.05) is 19.8 Å². The van der Waals surface area contributed by atoms with E-state index in [0.29, 0.717) is 6.42 Å². The lowest BCUT2D eigenvalue weighted by Crippen LogP contribution is -2.59. The predicted molar refractivity (Wildman–Crippen MR) is 247 cm³/mol. The zero-order chi connectivity index (χ0) is 44.4. The van der Waals surface area contributed by atoms with Crippen LogP contribution in [0.15, 0.2) is 60.8 Å². The number of rotatable bonds is 40. The molecule has 0 aromatic carbocycles. The van der Waals surface area contributed by atoms with Crippen molar-refractivity contribution < 1.29 is 49.0 Å². The molecule has 6 unspecified atom stereocenters. The summed E-state index contributed by atoms with van der Waals surface area (Å²) in [5, 5.41) is 40.1. The quantitative estimate of drug-likeness (QED) is 0.0266. The minimum Gasteiger partial charge on any atom is -0.462 e. The Kier molecular flexibility index (Phi) is 38.3. The molecule has 1 rings (SSSR count). The average molecular weight is 861 g/mol. The normalized spacial score (nSPS) is 20.3. The van der Waals surface area contributed by atoms with Gasteiger partial charge in [-0.25, -0.2) is 0 Å². The third kappa shape index (κ3) is 32.7. The van der Waals surface area contributed by atoms with Gasteiger partial charge in [-0.1, -0.05) is 164 Å². The number of ether oxygens (including phenoxy) is 4. The molecule has 1 heterocycles. The first kappa shape index (κ1) is 56.4. The zero-order valence-corrected chi connectivity index (χ0v) is 38.4. The lowest BCUT2D eigenvalue weighted by molar-refractivity contribution is -0.305. The molecule has 0 spiro atoms. The van der Waals surface area contributed by atoms with Crippen molar-refractivity contribution in [3.63, 3.8) is 0 Å². The van der Waals surface area contributed by atoms with Gasteiger partial charge >= 0.3 is 11.9 Å². The van der Waals surface area contributed by atoms with E-state index in [1.54, 1.807) is 0 Å². The molecule has 0 radical (unpaired) electrons. The van der Waals surface area contributed by atoms with E-state index in [9.17, 15) is 30.0 Å². The second kappa shape index (κ2) is 41.4. The van der Waals surface area contributed by atoms with E-state index < -0.39 is 55.4 Å². The van der Waals surface area contributed by atoms with Crippen LogP contribution in [0.1, 0.15) is 194 Å². The Bertz CT molecular complexity index is 1180. The summed E-state index contributed by atoms with van der Waals surface area (Å²) < 4.78 is 22.2. The molecule has 61 heavy (non-hydrogen) atoms. The summed E-state index contributed by atoms with van der Waals surface area (Å²) in [5.41, 5.74) is 0. The van der Waals surface area contributed by atoms with Gasteiger partial charge in [-0.15, -0.1) is 0 Å². The summed E-state index contributed by atoms with van der Waals surface area (Å²) in [5.74, 6) is -0.858. The molecule has 0 amide bonds. The average Bonchev–Trinajstić information content (AvgIpc) is 3.26. The fourth-order valence-corrected chi connectivity index (χ4v) is 7.06. The molecule has 4 N–H and O–H groups in total. The number of aliphatic hydroxyl groups excluding tert-OH is 4. The molecule has 1 aliphatic heterocycles. The van der Waals surface area contributed by atoms with Gasteiger partial charge in [-0.05, 0) is 77.0 Å². The van der Waals surface area contributed by atoms with Crippen LogP contribution < -0.4 is 0 Å². The smallest absolute Gasteiger partial charge is 0.306 e. The maximum Gasteiger partial charge on any atom is 0.306 e. The van der Waals surface area contributed by atoms with Gasteiger partial charge in [0.05, 0.1) is 13.2 Å². The third-order valence-corrected chi connectivity index (χ3v) is 10.9. The molecule has 0 aromatic rings. The fraction of sp³-hybridized carbons (Fsp3) is 0.765. The topological polar surface area (TPSA) is 152 Å². The summed E-state index contributed by atoms with van der Waals surface area (Å²) in [7, 11) is 0. The van der Waals surface area contributed by atoms with Crippen LogP contribution in [0.25, 0.3) is 0 Å². The van der Waals surface area contributed by atoms with Crippen molar-refractivity contribution in [2.24, 2.45) is 0 Å². The Morgan fingerprint density at radius 3 is 1.51 bits per heavy atom. The van der Waals surface area contributed by atoms with Crippen molar-refractivity contribution in [2.45, 2.75) is 230 Å². The molecule has 1 fully saturated rings. The lowest BCUT2D eigenvalue weighted by Gasteiger charge is -2.39. The van der Waals surface area contributed by atoms with Crippen LogP contribution in [-0.4, -0.2) is 89.0 Å². The summed E-state index contributed by atoms with van der Waals surface area (Å²) in [6, 6.07) is 0. The van der Waals surface area contributed by atoms with E-state index in [0.717, 1.165) is 64.2 Å². The first-order chi connectivity index (χ1) is 29.8. The first-order valence-corrected chi connectivity index (χ1v) is 24.4. The van der Waals surface area contributed by atoms with Gasteiger partial charge < -0.3 is 39.4 Å². The molecule has 10 nitrogen and oxygen atoms in total. The van der Waals surface area contributed by atoms with Gasteiger partial charge in [0.1, 0.15) is 31.0 Å². The summed E-state index contributed by atoms with van der Waals surface area (Å²) >= 11 is 0. The highest BCUT2D eigenvalue weighted by Gasteiger charge is 2.44. The molecular formula is C51H88O10. The van der Waals surface area contributed by atoms with Gasteiger partial charge in [-0.3, -0.25) is 9.59 Å². The number of hydrogen-bond acceptors (Lipinski definition) is 10. The minimum absolute atomic E-state index is 0.175. The van der Waals surface area contributed by atoms with E-state index in [2.05, 4.69) is 74.6 Å². The van der Waals surface area contributed by atoms with E-state index >= 15 is 0 Å². The SMILES string of the molecule is CC/C=C\C/C=C\C/C=C\C/C=C\CCCCC(=O)OC(COC(=O)CCCCCCCCCCC/C=C\CCCCCCCCCC)COC1OC(CO)C(O)C(O)C1O. The van der Waals surface area contributed by atoms with Crippen LogP contribution >= 0.6 is 0 Å². The second-order valence-electron chi connectivity index (χ2n) is 16.5. The number of carbonyl (C=O) groups is 2. The van der Waals surface area contributed by atoms with Gasteiger partial charge in [0.15, 0.2) is 12.4 Å². The highest BCUT2D eigenvalue weighted by atomic mass is 16.7. The van der Waals surface area contributed by atoms with Gasteiger partial charge in [0.2, 0.25) is 0 Å². The maximum absolute atomic E-state index is 12.8. The molecular weight excluding hydrogens is 773 g/mol. The molecule has 10 heteroatoms. The number of unbranched alkanes of at least 4 members (excludes halogenated alkanes) is 19. The molecule has 0 aliphatic carbocycles. The Balaban J connectivity index is 2.30. The second-order valence-corrected chi connectivity index (χ2v) is 16.5. The van der Waals surface area contributed by atoms with Crippen LogP contribution in [0.4, 0.5) is 0 Å². The Labute approximate surface area is 370 Å². The van der Waals surface area contributed by atoms with Gasteiger partial charge in [-0.2, -0.15) is 0 Å². The monoisotopic (exact) mass is 861 g/mol. The largest absolute Gasteiger partial charge is 0.462 e. The Morgan fingerprint density at radius 1 is 0.525 bits per heavy atom. The molecule has 6 atom stereocenters. The van der Waals surface area contributed by atoms with Crippen molar-refractivity contribution >= 4 is 11.9 Å². The third-order valence-electron chi connectivity index (χ3n) is 10.9. The molecule has 0 bridgehead atoms. The molecule has 0 saturated carbocycles. The molecule has 1 aliphatic rings. The van der Waals surface area contributed by atoms with E-state index in [1.807, 2.05) is 0 Å². The molecule has 352 valence electrons. The van der Waals surface area contributed by atoms with E-state index in [4.69, 9.17) is 18.9 Å². The summed E-state index contributed by atoms with van der Waals surface area (Å²) in [6.45, 7) is 3.27. The van der Waals surface area contributed by atoms with E-state index in [-0.39, 0.29) is 26.1 Å². The fourth-order valence-electron chi connectivity index (χ4n) is 7.06. The number of carbonyl (C=O) groups excluding carboxylic acids is 2. The van der Waals surface area contributed by atoms with Crippen molar-refractivity contribution in [3.05, 3.63) is 60.8 Å². The summed E-state index contributed by atoms with van der Waals surface area (Å²) in [4.78, 5) is 25.4. The van der Waals surface area contributed by atoms with Crippen LogP contribution in [0.5, 0.6) is 0 Å². The van der Waals surface area contributed by atoms with Crippen LogP contribution in [0, 0.1) is 0 Å². The molecule has 1 saturated heterocycles. The van der Waals surface area contributed by atoms with Crippen LogP contribution in [-0.2, 0) is 28.5 Å². The van der Waals surface area contributed by atoms with E-state index in [1.165, 1.54) is 96.3 Å². The predicted octanol–water partition coefficient (Wildman–Crippen LogP) is 11.0. The van der Waals surface area contributed by atoms with Gasteiger partial charge in [0.25, 0.3) is 0 Å². The lowest BCUT2D eigenvalue weighted by atomic mass is 9.99. The standard InChI is InChI=1S/C51H88O10/c1-3-5-7-9-11-13-15-17-19-20-21-22-23-24-26-27-29-31-33-35-37-39-46(53)58-42-44(43-59-51-50(57)49(56)48(55)45(41-52)61-51)60-47(54)40-38-36-34-32-30-28-25-18-16-14-12-10-8-6-4-2/h6,8,12,14,18,20-21,25,30,32,44-45,48-52,55-57H,3-5,7,9-11,13,15-17,19,22-24,26-29,31,33-43H2,1-2H3/b8-6-,14-12-,21-20-,25-18-,32-30-. The van der Waals surface area contributed by atoms with Crippen molar-refractivity contribution in [3.8, 4) is 0 Å².